The first-order valence-corrected chi connectivity index (χ1v) is 11.2. The van der Waals surface area contributed by atoms with Crippen molar-refractivity contribution in [3.05, 3.63) is 102 Å². The molecule has 156 valence electrons. The number of esters is 1. The zero-order valence-corrected chi connectivity index (χ0v) is 17.9. The second-order valence-corrected chi connectivity index (χ2v) is 7.86. The zero-order valence-electron chi connectivity index (χ0n) is 17.9. The van der Waals surface area contributed by atoms with Crippen LogP contribution in [-0.2, 0) is 10.2 Å². The minimum Gasteiger partial charge on any atom is -0.426 e. The van der Waals surface area contributed by atoms with Crippen LogP contribution >= 0.6 is 0 Å². The van der Waals surface area contributed by atoms with Crippen molar-refractivity contribution in [3.63, 3.8) is 0 Å². The first-order chi connectivity index (χ1) is 14.8. The monoisotopic (exact) mass is 400 g/mol. The summed E-state index contributed by atoms with van der Waals surface area (Å²) in [5.74, 6) is 0.376. The second-order valence-electron chi connectivity index (χ2n) is 7.86. The number of rotatable bonds is 11. The molecule has 0 heterocycles. The first kappa shape index (κ1) is 21.8. The van der Waals surface area contributed by atoms with Crippen molar-refractivity contribution in [1.29, 1.82) is 0 Å². The molecular formula is C28H32O2. The van der Waals surface area contributed by atoms with Crippen molar-refractivity contribution in [1.82, 2.24) is 0 Å². The lowest BCUT2D eigenvalue weighted by Gasteiger charge is -2.33. The third-order valence-corrected chi connectivity index (χ3v) is 5.74. The van der Waals surface area contributed by atoms with Gasteiger partial charge in [0.05, 0.1) is 0 Å². The van der Waals surface area contributed by atoms with E-state index in [0.717, 1.165) is 30.4 Å². The van der Waals surface area contributed by atoms with Gasteiger partial charge < -0.3 is 4.74 Å². The van der Waals surface area contributed by atoms with E-state index in [0.29, 0.717) is 5.75 Å². The molecule has 0 aliphatic rings. The SMILES string of the molecule is CCCCCCCCC(C(=O)Oc1ccccc1)(c1ccccc1)c1ccccc1. The summed E-state index contributed by atoms with van der Waals surface area (Å²) < 4.78 is 5.95. The molecule has 0 saturated carbocycles. The van der Waals surface area contributed by atoms with Gasteiger partial charge in [-0.15, -0.1) is 0 Å². The highest BCUT2D eigenvalue weighted by Gasteiger charge is 2.43. The Morgan fingerprint density at radius 3 is 1.67 bits per heavy atom. The van der Waals surface area contributed by atoms with E-state index in [1.54, 1.807) is 0 Å². The molecule has 0 spiro atoms. The Hall–Kier alpha value is -2.87. The minimum absolute atomic E-state index is 0.209. The van der Waals surface area contributed by atoms with Gasteiger partial charge in [-0.3, -0.25) is 4.79 Å². The number of para-hydroxylation sites is 1. The average molecular weight is 401 g/mol. The maximum Gasteiger partial charge on any atom is 0.326 e. The summed E-state index contributed by atoms with van der Waals surface area (Å²) in [5.41, 5.74) is 1.17. The van der Waals surface area contributed by atoms with Crippen LogP contribution in [0.2, 0.25) is 0 Å². The Bertz CT molecular complexity index is 833. The summed E-state index contributed by atoms with van der Waals surface area (Å²) in [4.78, 5) is 13.8. The molecule has 0 saturated heterocycles. The predicted octanol–water partition coefficient (Wildman–Crippen LogP) is 7.33. The second kappa shape index (κ2) is 11.3. The van der Waals surface area contributed by atoms with Crippen LogP contribution in [-0.4, -0.2) is 5.97 Å². The van der Waals surface area contributed by atoms with Crippen molar-refractivity contribution in [2.75, 3.05) is 0 Å². The van der Waals surface area contributed by atoms with Crippen molar-refractivity contribution >= 4 is 5.97 Å². The van der Waals surface area contributed by atoms with Gasteiger partial charge in [-0.25, -0.2) is 0 Å². The number of carbonyl (C=O) groups is 1. The Kier molecular flexibility index (Phi) is 8.26. The van der Waals surface area contributed by atoms with E-state index < -0.39 is 5.41 Å². The highest BCUT2D eigenvalue weighted by atomic mass is 16.5. The molecule has 3 aromatic rings. The van der Waals surface area contributed by atoms with E-state index in [1.807, 2.05) is 66.7 Å². The summed E-state index contributed by atoms with van der Waals surface area (Å²) in [7, 11) is 0. The Morgan fingerprint density at radius 2 is 1.13 bits per heavy atom. The van der Waals surface area contributed by atoms with Gasteiger partial charge in [0.2, 0.25) is 0 Å². The summed E-state index contributed by atoms with van der Waals surface area (Å²) in [6.45, 7) is 2.23. The van der Waals surface area contributed by atoms with Crippen LogP contribution in [0.4, 0.5) is 0 Å². The number of ether oxygens (including phenoxy) is 1. The van der Waals surface area contributed by atoms with Crippen LogP contribution in [0.1, 0.15) is 63.0 Å². The van der Waals surface area contributed by atoms with Gasteiger partial charge in [0.1, 0.15) is 11.2 Å². The molecule has 0 unspecified atom stereocenters. The molecule has 3 rings (SSSR count). The molecule has 30 heavy (non-hydrogen) atoms. The summed E-state index contributed by atoms with van der Waals surface area (Å²) in [5, 5.41) is 0. The van der Waals surface area contributed by atoms with Crippen LogP contribution in [0.5, 0.6) is 5.75 Å². The minimum atomic E-state index is -0.816. The number of unbranched alkanes of at least 4 members (excludes halogenated alkanes) is 5. The van der Waals surface area contributed by atoms with Gasteiger partial charge in [-0.1, -0.05) is 124 Å². The normalized spacial score (nSPS) is 11.2. The molecule has 3 aromatic carbocycles. The van der Waals surface area contributed by atoms with Crippen LogP contribution in [0, 0.1) is 0 Å². The van der Waals surface area contributed by atoms with E-state index in [-0.39, 0.29) is 5.97 Å². The topological polar surface area (TPSA) is 26.3 Å². The van der Waals surface area contributed by atoms with E-state index in [2.05, 4.69) is 31.2 Å². The fourth-order valence-corrected chi connectivity index (χ4v) is 4.09. The standard InChI is InChI=1S/C28H32O2/c1-2-3-4-5-6-16-23-28(24-17-10-7-11-18-24,25-19-12-8-13-20-25)27(29)30-26-21-14-9-15-22-26/h7-15,17-22H,2-6,16,23H2,1H3. The fourth-order valence-electron chi connectivity index (χ4n) is 4.09. The van der Waals surface area contributed by atoms with E-state index in [1.165, 1.54) is 25.7 Å². The third kappa shape index (κ3) is 5.38. The molecule has 0 N–H and O–H groups in total. The molecule has 0 bridgehead atoms. The van der Waals surface area contributed by atoms with Gasteiger partial charge in [-0.05, 0) is 29.7 Å². The number of hydrogen-bond donors (Lipinski definition) is 0. The van der Waals surface area contributed by atoms with Gasteiger partial charge in [0, 0.05) is 0 Å². The molecule has 2 heteroatoms. The number of benzene rings is 3. The van der Waals surface area contributed by atoms with E-state index in [4.69, 9.17) is 4.74 Å². The lowest BCUT2D eigenvalue weighted by atomic mass is 9.71. The van der Waals surface area contributed by atoms with Gasteiger partial charge in [0.15, 0.2) is 0 Å². The zero-order chi connectivity index (χ0) is 21.1. The molecule has 0 aromatic heterocycles. The van der Waals surface area contributed by atoms with Gasteiger partial charge in [0.25, 0.3) is 0 Å². The van der Waals surface area contributed by atoms with Crippen LogP contribution in [0.25, 0.3) is 0 Å². The number of hydrogen-bond acceptors (Lipinski definition) is 2. The highest BCUT2D eigenvalue weighted by molar-refractivity contribution is 5.89. The maximum atomic E-state index is 13.8. The lowest BCUT2D eigenvalue weighted by Crippen LogP contribution is -2.40. The predicted molar refractivity (Wildman–Crippen MR) is 124 cm³/mol. The molecule has 2 nitrogen and oxygen atoms in total. The maximum absolute atomic E-state index is 13.8. The summed E-state index contributed by atoms with van der Waals surface area (Å²) in [6.07, 6.45) is 7.83. The smallest absolute Gasteiger partial charge is 0.326 e. The summed E-state index contributed by atoms with van der Waals surface area (Å²) >= 11 is 0. The Balaban J connectivity index is 1.95. The van der Waals surface area contributed by atoms with Gasteiger partial charge in [-0.2, -0.15) is 0 Å². The third-order valence-electron chi connectivity index (χ3n) is 5.74. The van der Waals surface area contributed by atoms with Gasteiger partial charge >= 0.3 is 5.97 Å². The Morgan fingerprint density at radius 1 is 0.667 bits per heavy atom. The first-order valence-electron chi connectivity index (χ1n) is 11.2. The van der Waals surface area contributed by atoms with Crippen molar-refractivity contribution < 1.29 is 9.53 Å². The van der Waals surface area contributed by atoms with Crippen molar-refractivity contribution in [2.45, 2.75) is 57.3 Å². The average Bonchev–Trinajstić information content (AvgIpc) is 2.80. The van der Waals surface area contributed by atoms with Crippen LogP contribution < -0.4 is 4.74 Å². The largest absolute Gasteiger partial charge is 0.426 e. The van der Waals surface area contributed by atoms with E-state index in [9.17, 15) is 4.79 Å². The molecule has 0 atom stereocenters. The highest BCUT2D eigenvalue weighted by Crippen LogP contribution is 2.39. The van der Waals surface area contributed by atoms with Crippen molar-refractivity contribution in [3.8, 4) is 5.75 Å². The molecule has 0 radical (unpaired) electrons. The Labute approximate surface area is 180 Å². The van der Waals surface area contributed by atoms with E-state index >= 15 is 0 Å². The van der Waals surface area contributed by atoms with Crippen molar-refractivity contribution in [2.24, 2.45) is 0 Å². The molecular weight excluding hydrogens is 368 g/mol. The molecule has 0 amide bonds. The molecule has 0 aliphatic heterocycles. The summed E-state index contributed by atoms with van der Waals surface area (Å²) in [6, 6.07) is 29.6. The fraction of sp³-hybridized carbons (Fsp3) is 0.321. The molecule has 0 aliphatic carbocycles. The lowest BCUT2D eigenvalue weighted by molar-refractivity contribution is -0.139. The van der Waals surface area contributed by atoms with Crippen LogP contribution in [0.15, 0.2) is 91.0 Å². The van der Waals surface area contributed by atoms with Crippen LogP contribution in [0.3, 0.4) is 0 Å². The number of carbonyl (C=O) groups excluding carboxylic acids is 1. The quantitative estimate of drug-likeness (QED) is 0.191. The molecule has 0 fully saturated rings.